The normalized spacial score (nSPS) is 16.3. The monoisotopic (exact) mass is 271 g/mol. The molecule has 0 aromatic heterocycles. The Hall–Kier alpha value is -3.02. The third-order valence-electron chi connectivity index (χ3n) is 2.40. The van der Waals surface area contributed by atoms with Crippen molar-refractivity contribution >= 4 is 29.3 Å². The molecule has 2 amide bonds. The lowest BCUT2D eigenvalue weighted by Crippen LogP contribution is -2.21. The van der Waals surface area contributed by atoms with Crippen LogP contribution in [0.5, 0.6) is 0 Å². The van der Waals surface area contributed by atoms with Crippen molar-refractivity contribution in [3.8, 4) is 0 Å². The van der Waals surface area contributed by atoms with Crippen molar-refractivity contribution in [1.82, 2.24) is 5.32 Å². The minimum Gasteiger partial charge on any atom is -0.387 e. The fourth-order valence-electron chi connectivity index (χ4n) is 1.55. The predicted molar refractivity (Wildman–Crippen MR) is 67.8 cm³/mol. The maximum Gasteiger partial charge on any atom is 0.338 e. The molecule has 6 nitrogen and oxygen atoms in total. The molecule has 3 rings (SSSR count). The Kier molecular flexibility index (Phi) is 3.85. The van der Waals surface area contributed by atoms with Crippen LogP contribution in [-0.2, 0) is 23.9 Å². The molecule has 0 saturated heterocycles. The summed E-state index contributed by atoms with van der Waals surface area (Å²) in [4.78, 5) is 41.9. The number of imide groups is 1. The average Bonchev–Trinajstić information content (AvgIpc) is 2.96. The zero-order valence-corrected chi connectivity index (χ0v) is 10.2. The number of cyclic esters (lactones) is 2. The van der Waals surface area contributed by atoms with Gasteiger partial charge in [-0.25, -0.2) is 9.59 Å². The number of hydrogen-bond donors (Lipinski definition) is 1. The first-order valence-electron chi connectivity index (χ1n) is 5.62. The molecule has 20 heavy (non-hydrogen) atoms. The molecule has 2 aliphatic heterocycles. The summed E-state index contributed by atoms with van der Waals surface area (Å²) in [6.07, 6.45) is 3.49. The van der Waals surface area contributed by atoms with Gasteiger partial charge >= 0.3 is 11.9 Å². The van der Waals surface area contributed by atoms with E-state index in [9.17, 15) is 19.2 Å². The van der Waals surface area contributed by atoms with E-state index < -0.39 is 11.9 Å². The van der Waals surface area contributed by atoms with Gasteiger partial charge in [-0.3, -0.25) is 14.9 Å². The Labute approximate surface area is 113 Å². The van der Waals surface area contributed by atoms with Gasteiger partial charge in [0.1, 0.15) is 0 Å². The van der Waals surface area contributed by atoms with Crippen molar-refractivity contribution in [2.45, 2.75) is 0 Å². The van der Waals surface area contributed by atoms with Gasteiger partial charge in [0.25, 0.3) is 11.8 Å². The second kappa shape index (κ2) is 5.75. The number of carbonyl (C=O) groups is 4. The summed E-state index contributed by atoms with van der Waals surface area (Å²) in [5.74, 6) is -1.82. The first kappa shape index (κ1) is 13.4. The third-order valence-corrected chi connectivity index (χ3v) is 2.40. The Balaban J connectivity index is 0.000000178. The highest BCUT2D eigenvalue weighted by Gasteiger charge is 2.21. The van der Waals surface area contributed by atoms with E-state index in [1.54, 1.807) is 12.1 Å². The van der Waals surface area contributed by atoms with Crippen molar-refractivity contribution in [3.05, 3.63) is 54.1 Å². The van der Waals surface area contributed by atoms with E-state index in [-0.39, 0.29) is 11.8 Å². The Morgan fingerprint density at radius 2 is 1.45 bits per heavy atom. The SMILES string of the molecule is O=C1C=C(c2ccccc2)C(=O)N1.O=C1C=CC(=O)O1. The molecule has 0 fully saturated rings. The van der Waals surface area contributed by atoms with Crippen LogP contribution in [0.1, 0.15) is 5.56 Å². The average molecular weight is 271 g/mol. The van der Waals surface area contributed by atoms with Crippen LogP contribution in [0, 0.1) is 0 Å². The Bertz CT molecular complexity index is 627. The van der Waals surface area contributed by atoms with Gasteiger partial charge in [0.15, 0.2) is 0 Å². The van der Waals surface area contributed by atoms with Crippen molar-refractivity contribution in [2.75, 3.05) is 0 Å². The summed E-state index contributed by atoms with van der Waals surface area (Å²) in [5.41, 5.74) is 1.21. The van der Waals surface area contributed by atoms with Crippen molar-refractivity contribution < 1.29 is 23.9 Å². The number of amides is 2. The second-order valence-electron chi connectivity index (χ2n) is 3.82. The van der Waals surface area contributed by atoms with Gasteiger partial charge in [-0.05, 0) is 5.56 Å². The van der Waals surface area contributed by atoms with Gasteiger partial charge in [-0.15, -0.1) is 0 Å². The number of carbonyl (C=O) groups excluding carboxylic acids is 4. The molecule has 0 saturated carbocycles. The molecule has 0 spiro atoms. The lowest BCUT2D eigenvalue weighted by Gasteiger charge is -1.97. The summed E-state index contributed by atoms with van der Waals surface area (Å²) >= 11 is 0. The van der Waals surface area contributed by atoms with E-state index >= 15 is 0 Å². The summed E-state index contributed by atoms with van der Waals surface area (Å²) in [7, 11) is 0. The van der Waals surface area contributed by atoms with Gasteiger partial charge in [-0.1, -0.05) is 30.3 Å². The van der Waals surface area contributed by atoms with Gasteiger partial charge in [0, 0.05) is 18.2 Å². The van der Waals surface area contributed by atoms with Crippen LogP contribution in [0.3, 0.4) is 0 Å². The van der Waals surface area contributed by atoms with Gasteiger partial charge in [0.05, 0.1) is 5.57 Å². The lowest BCUT2D eigenvalue weighted by atomic mass is 10.1. The van der Waals surface area contributed by atoms with Gasteiger partial charge in [-0.2, -0.15) is 0 Å². The number of nitrogens with one attached hydrogen (secondary N) is 1. The van der Waals surface area contributed by atoms with Crippen molar-refractivity contribution in [3.63, 3.8) is 0 Å². The molecule has 1 N–H and O–H groups in total. The van der Waals surface area contributed by atoms with Crippen LogP contribution in [0.15, 0.2) is 48.6 Å². The zero-order valence-electron chi connectivity index (χ0n) is 10.2. The highest BCUT2D eigenvalue weighted by molar-refractivity contribution is 6.33. The number of ether oxygens (including phenoxy) is 1. The molecule has 0 bridgehead atoms. The van der Waals surface area contributed by atoms with E-state index in [0.29, 0.717) is 5.57 Å². The van der Waals surface area contributed by atoms with Crippen LogP contribution in [0.2, 0.25) is 0 Å². The minimum absolute atomic E-state index is 0.323. The van der Waals surface area contributed by atoms with E-state index in [1.807, 2.05) is 18.2 Å². The molecular formula is C14H9NO5. The highest BCUT2D eigenvalue weighted by atomic mass is 16.6. The maximum atomic E-state index is 11.2. The first-order chi connectivity index (χ1) is 9.56. The largest absolute Gasteiger partial charge is 0.387 e. The number of hydrogen-bond acceptors (Lipinski definition) is 5. The lowest BCUT2D eigenvalue weighted by molar-refractivity contribution is -0.150. The fourth-order valence-corrected chi connectivity index (χ4v) is 1.55. The molecule has 100 valence electrons. The van der Waals surface area contributed by atoms with Gasteiger partial charge in [0.2, 0.25) is 0 Å². The molecule has 1 aromatic carbocycles. The summed E-state index contributed by atoms with van der Waals surface area (Å²) in [6, 6.07) is 9.10. The van der Waals surface area contributed by atoms with Crippen molar-refractivity contribution in [2.24, 2.45) is 0 Å². The van der Waals surface area contributed by atoms with Crippen LogP contribution < -0.4 is 5.32 Å². The van der Waals surface area contributed by atoms with E-state index in [4.69, 9.17) is 0 Å². The topological polar surface area (TPSA) is 89.5 Å². The number of rotatable bonds is 1. The smallest absolute Gasteiger partial charge is 0.338 e. The maximum absolute atomic E-state index is 11.2. The predicted octanol–water partition coefficient (Wildman–Crippen LogP) is 0.352. The van der Waals surface area contributed by atoms with Crippen LogP contribution in [-0.4, -0.2) is 23.8 Å². The quantitative estimate of drug-likeness (QED) is 0.452. The molecule has 0 unspecified atom stereocenters. The molecule has 2 heterocycles. The molecular weight excluding hydrogens is 262 g/mol. The van der Waals surface area contributed by atoms with Crippen LogP contribution >= 0.6 is 0 Å². The van der Waals surface area contributed by atoms with E-state index in [1.165, 1.54) is 6.08 Å². The number of benzene rings is 1. The van der Waals surface area contributed by atoms with Crippen molar-refractivity contribution in [1.29, 1.82) is 0 Å². The minimum atomic E-state index is -0.579. The first-order valence-corrected chi connectivity index (χ1v) is 5.62. The second-order valence-corrected chi connectivity index (χ2v) is 3.82. The van der Waals surface area contributed by atoms with Crippen LogP contribution in [0.25, 0.3) is 5.57 Å². The van der Waals surface area contributed by atoms with E-state index in [2.05, 4.69) is 10.1 Å². The highest BCUT2D eigenvalue weighted by Crippen LogP contribution is 2.16. The molecule has 2 aliphatic rings. The molecule has 0 atom stereocenters. The summed E-state index contributed by atoms with van der Waals surface area (Å²) < 4.78 is 3.97. The zero-order chi connectivity index (χ0) is 14.5. The molecule has 1 aromatic rings. The van der Waals surface area contributed by atoms with Crippen LogP contribution in [0.4, 0.5) is 0 Å². The Morgan fingerprint density at radius 1 is 0.850 bits per heavy atom. The standard InChI is InChI=1S/C10H7NO2.C4H2O3/c12-9-6-8(10(13)11-9)7-4-2-1-3-5-7;5-3-1-2-4(6)7-3/h1-6H,(H,11,12,13);1-2H. The molecule has 0 aliphatic carbocycles. The fraction of sp³-hybridized carbons (Fsp3) is 0. The summed E-state index contributed by atoms with van der Waals surface area (Å²) in [5, 5.41) is 2.19. The molecule has 6 heteroatoms. The van der Waals surface area contributed by atoms with Gasteiger partial charge < -0.3 is 4.74 Å². The third kappa shape index (κ3) is 3.26. The Morgan fingerprint density at radius 3 is 1.85 bits per heavy atom. The number of esters is 2. The van der Waals surface area contributed by atoms with E-state index in [0.717, 1.165) is 17.7 Å². The molecule has 0 radical (unpaired) electrons. The summed E-state index contributed by atoms with van der Waals surface area (Å²) in [6.45, 7) is 0.